The van der Waals surface area contributed by atoms with Crippen LogP contribution in [0.1, 0.15) is 124 Å². The summed E-state index contributed by atoms with van der Waals surface area (Å²) in [5.41, 5.74) is 0. The number of aliphatic carboxylic acids is 1. The SMILES string of the molecule is CC(C)CCCCCCCCCC(CCC(C)C)OC(=O)C1CCCC(C(=O)O)C1. The minimum absolute atomic E-state index is 0.00357. The first-order chi connectivity index (χ1) is 14.3. The van der Waals surface area contributed by atoms with E-state index in [1.807, 2.05) is 0 Å². The van der Waals surface area contributed by atoms with Gasteiger partial charge in [0, 0.05) is 0 Å². The maximum absolute atomic E-state index is 12.7. The van der Waals surface area contributed by atoms with E-state index in [1.165, 1.54) is 44.9 Å². The van der Waals surface area contributed by atoms with Gasteiger partial charge in [-0.05, 0) is 56.8 Å². The van der Waals surface area contributed by atoms with Crippen LogP contribution in [0.25, 0.3) is 0 Å². The van der Waals surface area contributed by atoms with Crippen LogP contribution in [0.5, 0.6) is 0 Å². The Hall–Kier alpha value is -1.06. The highest BCUT2D eigenvalue weighted by Gasteiger charge is 2.33. The Morgan fingerprint density at radius 1 is 0.767 bits per heavy atom. The molecule has 0 spiro atoms. The van der Waals surface area contributed by atoms with Gasteiger partial charge in [-0.3, -0.25) is 9.59 Å². The zero-order chi connectivity index (χ0) is 22.4. The predicted molar refractivity (Wildman–Crippen MR) is 123 cm³/mol. The van der Waals surface area contributed by atoms with Crippen molar-refractivity contribution in [2.45, 2.75) is 130 Å². The maximum Gasteiger partial charge on any atom is 0.309 e. The second kappa shape index (κ2) is 15.7. The highest BCUT2D eigenvalue weighted by Crippen LogP contribution is 2.31. The normalized spacial score (nSPS) is 20.5. The lowest BCUT2D eigenvalue weighted by molar-refractivity contribution is -0.158. The highest BCUT2D eigenvalue weighted by atomic mass is 16.5. The summed E-state index contributed by atoms with van der Waals surface area (Å²) in [4.78, 5) is 24.0. The molecule has 1 aliphatic rings. The van der Waals surface area contributed by atoms with Crippen molar-refractivity contribution in [3.8, 4) is 0 Å². The maximum atomic E-state index is 12.7. The van der Waals surface area contributed by atoms with Crippen LogP contribution >= 0.6 is 0 Å². The lowest BCUT2D eigenvalue weighted by Crippen LogP contribution is -2.31. The molecule has 3 atom stereocenters. The van der Waals surface area contributed by atoms with Gasteiger partial charge in [0.15, 0.2) is 0 Å². The number of rotatable bonds is 16. The Bertz CT molecular complexity index is 472. The number of hydrogen-bond donors (Lipinski definition) is 1. The standard InChI is InChI=1S/C26H48O4/c1-20(2)13-10-8-6-5-7-9-11-16-24(18-17-21(3)4)30-26(29)23-15-12-14-22(19-23)25(27)28/h20-24H,5-19H2,1-4H3,(H,27,28). The molecule has 176 valence electrons. The van der Waals surface area contributed by atoms with Gasteiger partial charge in [0.25, 0.3) is 0 Å². The zero-order valence-corrected chi connectivity index (χ0v) is 20.2. The fraction of sp³-hybridized carbons (Fsp3) is 0.923. The van der Waals surface area contributed by atoms with Crippen molar-refractivity contribution >= 4 is 11.9 Å². The van der Waals surface area contributed by atoms with Gasteiger partial charge in [-0.2, -0.15) is 0 Å². The average molecular weight is 425 g/mol. The van der Waals surface area contributed by atoms with E-state index in [4.69, 9.17) is 4.74 Å². The Morgan fingerprint density at radius 2 is 1.30 bits per heavy atom. The van der Waals surface area contributed by atoms with Crippen LogP contribution in [0.2, 0.25) is 0 Å². The van der Waals surface area contributed by atoms with E-state index in [1.54, 1.807) is 0 Å². The van der Waals surface area contributed by atoms with Crippen molar-refractivity contribution in [1.29, 1.82) is 0 Å². The monoisotopic (exact) mass is 424 g/mol. The molecule has 1 saturated carbocycles. The molecule has 4 nitrogen and oxygen atoms in total. The molecule has 0 bridgehead atoms. The molecule has 3 unspecified atom stereocenters. The summed E-state index contributed by atoms with van der Waals surface area (Å²) >= 11 is 0. The first kappa shape index (κ1) is 27.0. The van der Waals surface area contributed by atoms with Crippen molar-refractivity contribution in [3.05, 3.63) is 0 Å². The van der Waals surface area contributed by atoms with E-state index < -0.39 is 5.97 Å². The van der Waals surface area contributed by atoms with E-state index in [0.717, 1.165) is 44.4 Å². The summed E-state index contributed by atoms with van der Waals surface area (Å²) in [5, 5.41) is 9.27. The van der Waals surface area contributed by atoms with Crippen molar-refractivity contribution in [2.75, 3.05) is 0 Å². The van der Waals surface area contributed by atoms with Crippen molar-refractivity contribution in [2.24, 2.45) is 23.7 Å². The highest BCUT2D eigenvalue weighted by molar-refractivity contribution is 5.75. The molecule has 1 aliphatic carbocycles. The first-order valence-electron chi connectivity index (χ1n) is 12.7. The molecule has 1 fully saturated rings. The fourth-order valence-electron chi connectivity index (χ4n) is 4.48. The van der Waals surface area contributed by atoms with Gasteiger partial charge in [-0.25, -0.2) is 0 Å². The van der Waals surface area contributed by atoms with Gasteiger partial charge in [-0.1, -0.05) is 79.1 Å². The molecule has 1 N–H and O–H groups in total. The summed E-state index contributed by atoms with van der Waals surface area (Å²) in [6, 6.07) is 0. The molecular weight excluding hydrogens is 376 g/mol. The second-order valence-corrected chi connectivity index (χ2v) is 10.4. The van der Waals surface area contributed by atoms with E-state index in [-0.39, 0.29) is 23.9 Å². The third-order valence-electron chi connectivity index (χ3n) is 6.51. The summed E-state index contributed by atoms with van der Waals surface area (Å²) in [7, 11) is 0. The third kappa shape index (κ3) is 12.6. The third-order valence-corrected chi connectivity index (χ3v) is 6.51. The Labute approximate surface area is 185 Å². The predicted octanol–water partition coefficient (Wildman–Crippen LogP) is 7.39. The molecule has 0 aromatic rings. The second-order valence-electron chi connectivity index (χ2n) is 10.4. The van der Waals surface area contributed by atoms with Gasteiger partial charge in [0.1, 0.15) is 6.10 Å². The first-order valence-corrected chi connectivity index (χ1v) is 12.7. The molecule has 0 aromatic carbocycles. The quantitative estimate of drug-likeness (QED) is 0.207. The van der Waals surface area contributed by atoms with Gasteiger partial charge in [-0.15, -0.1) is 0 Å². The molecular formula is C26H48O4. The van der Waals surface area contributed by atoms with Crippen LogP contribution in [-0.2, 0) is 14.3 Å². The number of unbranched alkanes of at least 4 members (excludes halogenated alkanes) is 6. The number of carbonyl (C=O) groups is 2. The van der Waals surface area contributed by atoms with E-state index >= 15 is 0 Å². The van der Waals surface area contributed by atoms with Gasteiger partial charge >= 0.3 is 11.9 Å². The summed E-state index contributed by atoms with van der Waals surface area (Å²) in [5.74, 6) is -0.117. The topological polar surface area (TPSA) is 63.6 Å². The van der Waals surface area contributed by atoms with Crippen LogP contribution in [0, 0.1) is 23.7 Å². The number of ether oxygens (including phenoxy) is 1. The van der Waals surface area contributed by atoms with Crippen molar-refractivity contribution in [3.63, 3.8) is 0 Å². The van der Waals surface area contributed by atoms with E-state index in [0.29, 0.717) is 18.8 Å². The minimum atomic E-state index is -0.770. The summed E-state index contributed by atoms with van der Waals surface area (Å²) < 4.78 is 5.92. The van der Waals surface area contributed by atoms with E-state index in [2.05, 4.69) is 27.7 Å². The minimum Gasteiger partial charge on any atom is -0.481 e. The number of carboxylic acids is 1. The number of esters is 1. The molecule has 0 aliphatic heterocycles. The summed E-state index contributed by atoms with van der Waals surface area (Å²) in [6.45, 7) is 9.00. The van der Waals surface area contributed by atoms with E-state index in [9.17, 15) is 14.7 Å². The zero-order valence-electron chi connectivity index (χ0n) is 20.2. The molecule has 30 heavy (non-hydrogen) atoms. The molecule has 0 amide bonds. The lowest BCUT2D eigenvalue weighted by Gasteiger charge is -2.27. The number of carbonyl (C=O) groups excluding carboxylic acids is 1. The molecule has 0 radical (unpaired) electrons. The fourth-order valence-corrected chi connectivity index (χ4v) is 4.48. The number of carboxylic acid groups (broad SMARTS) is 1. The van der Waals surface area contributed by atoms with Crippen LogP contribution in [0.15, 0.2) is 0 Å². The number of hydrogen-bond acceptors (Lipinski definition) is 3. The summed E-state index contributed by atoms with van der Waals surface area (Å²) in [6.07, 6.45) is 16.0. The molecule has 4 heteroatoms. The Morgan fingerprint density at radius 3 is 1.87 bits per heavy atom. The molecule has 0 heterocycles. The van der Waals surface area contributed by atoms with Crippen molar-refractivity contribution in [1.82, 2.24) is 0 Å². The Kier molecular flexibility index (Phi) is 14.1. The van der Waals surface area contributed by atoms with Crippen LogP contribution in [-0.4, -0.2) is 23.1 Å². The molecule has 1 rings (SSSR count). The largest absolute Gasteiger partial charge is 0.481 e. The van der Waals surface area contributed by atoms with Gasteiger partial charge < -0.3 is 9.84 Å². The van der Waals surface area contributed by atoms with Crippen molar-refractivity contribution < 1.29 is 19.4 Å². The smallest absolute Gasteiger partial charge is 0.309 e. The Balaban J connectivity index is 2.31. The average Bonchev–Trinajstić information content (AvgIpc) is 2.70. The van der Waals surface area contributed by atoms with Gasteiger partial charge in [0.2, 0.25) is 0 Å². The van der Waals surface area contributed by atoms with Crippen LogP contribution in [0.4, 0.5) is 0 Å². The lowest BCUT2D eigenvalue weighted by atomic mass is 9.81. The van der Waals surface area contributed by atoms with Gasteiger partial charge in [0.05, 0.1) is 11.8 Å². The van der Waals surface area contributed by atoms with Crippen LogP contribution in [0.3, 0.4) is 0 Å². The molecule has 0 saturated heterocycles. The van der Waals surface area contributed by atoms with Crippen LogP contribution < -0.4 is 0 Å². The molecule has 0 aromatic heterocycles.